The zero-order valence-corrected chi connectivity index (χ0v) is 15.4. The molecule has 1 amide bonds. The molecule has 6 nitrogen and oxygen atoms in total. The molecular formula is C19H17ClFNO5. The molecule has 0 heterocycles. The standard InChI is InChI=1S/C19H17ClFNO5/c1-25-13-5-7-16(17(10-13)26-2)22-18(23)11-27-19(24)8-4-12-3-6-15(21)14(20)9-12/h3-10H,11H2,1-2H3,(H,22,23)/b8-4+. The normalized spacial score (nSPS) is 10.5. The Morgan fingerprint density at radius 3 is 2.59 bits per heavy atom. The molecule has 8 heteroatoms. The van der Waals surface area contributed by atoms with Gasteiger partial charge in [0.25, 0.3) is 5.91 Å². The van der Waals surface area contributed by atoms with Crippen molar-refractivity contribution in [2.24, 2.45) is 0 Å². The topological polar surface area (TPSA) is 73.9 Å². The summed E-state index contributed by atoms with van der Waals surface area (Å²) in [4.78, 5) is 23.6. The first-order chi connectivity index (χ1) is 12.9. The molecule has 0 aliphatic heterocycles. The fourth-order valence-electron chi connectivity index (χ4n) is 2.05. The van der Waals surface area contributed by atoms with Crippen molar-refractivity contribution in [3.05, 3.63) is 58.9 Å². The van der Waals surface area contributed by atoms with E-state index in [4.69, 9.17) is 25.8 Å². The molecule has 0 atom stereocenters. The number of anilines is 1. The molecule has 0 saturated carbocycles. The largest absolute Gasteiger partial charge is 0.497 e. The van der Waals surface area contributed by atoms with Crippen molar-refractivity contribution in [2.45, 2.75) is 0 Å². The Balaban J connectivity index is 1.88. The molecule has 0 unspecified atom stereocenters. The highest BCUT2D eigenvalue weighted by atomic mass is 35.5. The number of hydrogen-bond donors (Lipinski definition) is 1. The van der Waals surface area contributed by atoms with Gasteiger partial charge in [-0.25, -0.2) is 9.18 Å². The van der Waals surface area contributed by atoms with Crippen molar-refractivity contribution >= 4 is 35.2 Å². The number of carbonyl (C=O) groups is 2. The number of halogens is 2. The van der Waals surface area contributed by atoms with Gasteiger partial charge in [-0.15, -0.1) is 0 Å². The Morgan fingerprint density at radius 1 is 1.15 bits per heavy atom. The van der Waals surface area contributed by atoms with E-state index < -0.39 is 24.3 Å². The Labute approximate surface area is 160 Å². The van der Waals surface area contributed by atoms with Crippen LogP contribution in [0.5, 0.6) is 11.5 Å². The maximum absolute atomic E-state index is 13.1. The summed E-state index contributed by atoms with van der Waals surface area (Å²) in [7, 11) is 2.97. The van der Waals surface area contributed by atoms with E-state index in [1.807, 2.05) is 0 Å². The first kappa shape index (κ1) is 20.3. The predicted molar refractivity (Wildman–Crippen MR) is 99.6 cm³/mol. The van der Waals surface area contributed by atoms with E-state index >= 15 is 0 Å². The van der Waals surface area contributed by atoms with Gasteiger partial charge in [0.1, 0.15) is 17.3 Å². The highest BCUT2D eigenvalue weighted by molar-refractivity contribution is 6.30. The summed E-state index contributed by atoms with van der Waals surface area (Å²) in [5.74, 6) is -0.844. The third-order valence-corrected chi connectivity index (χ3v) is 3.67. The molecule has 27 heavy (non-hydrogen) atoms. The van der Waals surface area contributed by atoms with E-state index in [-0.39, 0.29) is 5.02 Å². The van der Waals surface area contributed by atoms with Gasteiger partial charge in [0.15, 0.2) is 6.61 Å². The molecule has 0 saturated heterocycles. The monoisotopic (exact) mass is 393 g/mol. The van der Waals surface area contributed by atoms with Gasteiger partial charge < -0.3 is 19.5 Å². The van der Waals surface area contributed by atoms with Crippen LogP contribution in [0.1, 0.15) is 5.56 Å². The number of hydrogen-bond acceptors (Lipinski definition) is 5. The first-order valence-electron chi connectivity index (χ1n) is 7.74. The average Bonchev–Trinajstić information content (AvgIpc) is 2.67. The van der Waals surface area contributed by atoms with Crippen molar-refractivity contribution in [1.82, 2.24) is 0 Å². The van der Waals surface area contributed by atoms with Crippen molar-refractivity contribution < 1.29 is 28.2 Å². The number of methoxy groups -OCH3 is 2. The van der Waals surface area contributed by atoms with E-state index in [0.717, 1.165) is 6.08 Å². The van der Waals surface area contributed by atoms with E-state index in [2.05, 4.69) is 5.32 Å². The fourth-order valence-corrected chi connectivity index (χ4v) is 2.24. The summed E-state index contributed by atoms with van der Waals surface area (Å²) in [5, 5.41) is 2.52. The van der Waals surface area contributed by atoms with Crippen molar-refractivity contribution in [3.8, 4) is 11.5 Å². The highest BCUT2D eigenvalue weighted by Gasteiger charge is 2.10. The lowest BCUT2D eigenvalue weighted by Crippen LogP contribution is -2.20. The molecule has 0 radical (unpaired) electrons. The van der Waals surface area contributed by atoms with Crippen LogP contribution in [0.15, 0.2) is 42.5 Å². The molecular weight excluding hydrogens is 377 g/mol. The molecule has 0 fully saturated rings. The molecule has 0 bridgehead atoms. The van der Waals surface area contributed by atoms with Gasteiger partial charge in [0.2, 0.25) is 0 Å². The van der Waals surface area contributed by atoms with Crippen molar-refractivity contribution in [3.63, 3.8) is 0 Å². The number of nitrogens with one attached hydrogen (secondary N) is 1. The number of ether oxygens (including phenoxy) is 3. The second-order valence-electron chi connectivity index (χ2n) is 5.23. The smallest absolute Gasteiger partial charge is 0.331 e. The first-order valence-corrected chi connectivity index (χ1v) is 8.12. The van der Waals surface area contributed by atoms with Crippen molar-refractivity contribution in [1.29, 1.82) is 0 Å². The number of benzene rings is 2. The predicted octanol–water partition coefficient (Wildman–Crippen LogP) is 3.69. The minimum absolute atomic E-state index is 0.0571. The van der Waals surface area contributed by atoms with Crippen LogP contribution in [-0.4, -0.2) is 32.7 Å². The maximum Gasteiger partial charge on any atom is 0.331 e. The molecule has 0 aromatic heterocycles. The minimum atomic E-state index is -0.729. The highest BCUT2D eigenvalue weighted by Crippen LogP contribution is 2.28. The summed E-state index contributed by atoms with van der Waals surface area (Å²) < 4.78 is 28.2. The summed E-state index contributed by atoms with van der Waals surface area (Å²) in [5.41, 5.74) is 0.932. The molecule has 2 aromatic carbocycles. The zero-order chi connectivity index (χ0) is 19.8. The van der Waals surface area contributed by atoms with Crippen LogP contribution in [0.2, 0.25) is 5.02 Å². The summed E-state index contributed by atoms with van der Waals surface area (Å²) in [6.45, 7) is -0.484. The zero-order valence-electron chi connectivity index (χ0n) is 14.6. The number of rotatable bonds is 7. The third kappa shape index (κ3) is 6.00. The molecule has 2 aromatic rings. The fraction of sp³-hybridized carbons (Fsp3) is 0.158. The Kier molecular flexibility index (Phi) is 7.19. The lowest BCUT2D eigenvalue weighted by molar-refractivity contribution is -0.142. The van der Waals surface area contributed by atoms with Gasteiger partial charge in [-0.3, -0.25) is 4.79 Å². The van der Waals surface area contributed by atoms with Crippen LogP contribution in [0.25, 0.3) is 6.08 Å². The third-order valence-electron chi connectivity index (χ3n) is 3.38. The minimum Gasteiger partial charge on any atom is -0.497 e. The second-order valence-corrected chi connectivity index (χ2v) is 5.64. The summed E-state index contributed by atoms with van der Waals surface area (Å²) >= 11 is 5.66. The maximum atomic E-state index is 13.1. The Bertz CT molecular complexity index is 869. The molecule has 0 spiro atoms. The van der Waals surface area contributed by atoms with Crippen LogP contribution in [-0.2, 0) is 14.3 Å². The van der Waals surface area contributed by atoms with Gasteiger partial charge in [-0.1, -0.05) is 17.7 Å². The lowest BCUT2D eigenvalue weighted by Gasteiger charge is -2.11. The second kappa shape index (κ2) is 9.59. The van der Waals surface area contributed by atoms with Crippen LogP contribution in [0.3, 0.4) is 0 Å². The van der Waals surface area contributed by atoms with Crippen molar-refractivity contribution in [2.75, 3.05) is 26.1 Å². The van der Waals surface area contributed by atoms with E-state index in [0.29, 0.717) is 22.7 Å². The van der Waals surface area contributed by atoms with E-state index in [9.17, 15) is 14.0 Å². The molecule has 1 N–H and O–H groups in total. The van der Waals surface area contributed by atoms with Gasteiger partial charge >= 0.3 is 5.97 Å². The van der Waals surface area contributed by atoms with Crippen LogP contribution in [0.4, 0.5) is 10.1 Å². The molecule has 0 aliphatic rings. The number of carbonyl (C=O) groups excluding carboxylic acids is 2. The van der Waals surface area contributed by atoms with Crippen LogP contribution >= 0.6 is 11.6 Å². The number of esters is 1. The Morgan fingerprint density at radius 2 is 1.93 bits per heavy atom. The van der Waals surface area contributed by atoms with Gasteiger partial charge in [-0.05, 0) is 35.9 Å². The summed E-state index contributed by atoms with van der Waals surface area (Å²) in [6.07, 6.45) is 2.52. The van der Waals surface area contributed by atoms with Gasteiger partial charge in [0.05, 0.1) is 24.9 Å². The molecule has 0 aliphatic carbocycles. The molecule has 142 valence electrons. The van der Waals surface area contributed by atoms with Gasteiger partial charge in [0, 0.05) is 12.1 Å². The Hall–Kier alpha value is -3.06. The van der Waals surface area contributed by atoms with E-state index in [1.54, 1.807) is 18.2 Å². The van der Waals surface area contributed by atoms with Crippen LogP contribution < -0.4 is 14.8 Å². The SMILES string of the molecule is COc1ccc(NC(=O)COC(=O)/C=C/c2ccc(F)c(Cl)c2)c(OC)c1. The molecule has 2 rings (SSSR count). The quantitative estimate of drug-likeness (QED) is 0.573. The average molecular weight is 394 g/mol. The summed E-state index contributed by atoms with van der Waals surface area (Å²) in [6, 6.07) is 8.87. The van der Waals surface area contributed by atoms with E-state index in [1.165, 1.54) is 38.5 Å². The number of amides is 1. The van der Waals surface area contributed by atoms with Gasteiger partial charge in [-0.2, -0.15) is 0 Å². The lowest BCUT2D eigenvalue weighted by atomic mass is 10.2. The van der Waals surface area contributed by atoms with Crippen LogP contribution in [0, 0.1) is 5.82 Å².